The Kier molecular flexibility index (Phi) is 4.19. The first-order chi connectivity index (χ1) is 8.67. The summed E-state index contributed by atoms with van der Waals surface area (Å²) in [5.41, 5.74) is 2.70. The van der Waals surface area contributed by atoms with E-state index in [-0.39, 0.29) is 0 Å². The van der Waals surface area contributed by atoms with E-state index in [9.17, 15) is 0 Å². The van der Waals surface area contributed by atoms with E-state index < -0.39 is 0 Å². The maximum absolute atomic E-state index is 6.31. The van der Waals surface area contributed by atoms with Crippen LogP contribution in [0.25, 0.3) is 5.82 Å². The number of hydrogen-bond donors (Lipinski definition) is 0. The van der Waals surface area contributed by atoms with Crippen molar-refractivity contribution in [2.24, 2.45) is 0 Å². The van der Waals surface area contributed by atoms with E-state index in [4.69, 9.17) is 23.2 Å². The number of aryl methyl sites for hydroxylation is 2. The summed E-state index contributed by atoms with van der Waals surface area (Å²) in [6.07, 6.45) is 3.36. The molecule has 0 aromatic carbocycles. The number of alkyl halides is 1. The number of nitrogens with zero attached hydrogens (tertiary/aromatic N) is 4. The van der Waals surface area contributed by atoms with Crippen LogP contribution >= 0.6 is 23.2 Å². The van der Waals surface area contributed by atoms with Gasteiger partial charge in [0.25, 0.3) is 0 Å². The zero-order valence-corrected chi connectivity index (χ0v) is 11.8. The highest BCUT2D eigenvalue weighted by atomic mass is 35.5. The SMILES string of the molecule is CCCc1nn(-c2cc(C)ncn2)c(Cl)c1CCl. The molecule has 6 heteroatoms. The Morgan fingerprint density at radius 2 is 2.11 bits per heavy atom. The Morgan fingerprint density at radius 3 is 2.72 bits per heavy atom. The van der Waals surface area contributed by atoms with Crippen molar-refractivity contribution in [1.29, 1.82) is 0 Å². The molecule has 0 saturated heterocycles. The molecule has 0 unspecified atom stereocenters. The van der Waals surface area contributed by atoms with Gasteiger partial charge in [-0.2, -0.15) is 5.10 Å². The predicted molar refractivity (Wildman–Crippen MR) is 72.5 cm³/mol. The van der Waals surface area contributed by atoms with Gasteiger partial charge in [-0.05, 0) is 13.3 Å². The molecule has 2 aromatic heterocycles. The molecule has 0 N–H and O–H groups in total. The van der Waals surface area contributed by atoms with Crippen LogP contribution in [0.15, 0.2) is 12.4 Å². The predicted octanol–water partition coefficient (Wildman–Crippen LogP) is 3.32. The van der Waals surface area contributed by atoms with Crippen LogP contribution in [-0.2, 0) is 12.3 Å². The van der Waals surface area contributed by atoms with E-state index in [2.05, 4.69) is 22.0 Å². The van der Waals surface area contributed by atoms with Crippen molar-refractivity contribution in [2.45, 2.75) is 32.6 Å². The normalized spacial score (nSPS) is 10.9. The average Bonchev–Trinajstić information content (AvgIpc) is 2.66. The molecule has 0 spiro atoms. The van der Waals surface area contributed by atoms with Crippen molar-refractivity contribution in [3.8, 4) is 5.82 Å². The lowest BCUT2D eigenvalue weighted by Gasteiger charge is -2.02. The number of aromatic nitrogens is 4. The van der Waals surface area contributed by atoms with Crippen molar-refractivity contribution in [2.75, 3.05) is 0 Å². The first-order valence-corrected chi connectivity index (χ1v) is 6.69. The van der Waals surface area contributed by atoms with Crippen LogP contribution in [-0.4, -0.2) is 19.7 Å². The second kappa shape index (κ2) is 5.67. The number of rotatable bonds is 4. The molecule has 2 rings (SSSR count). The van der Waals surface area contributed by atoms with Gasteiger partial charge in [-0.25, -0.2) is 14.6 Å². The third-order valence-corrected chi connectivity index (χ3v) is 3.29. The maximum atomic E-state index is 6.31. The fraction of sp³-hybridized carbons (Fsp3) is 0.417. The molecule has 0 aliphatic heterocycles. The average molecular weight is 285 g/mol. The van der Waals surface area contributed by atoms with Gasteiger partial charge in [0.05, 0.1) is 11.6 Å². The van der Waals surface area contributed by atoms with Gasteiger partial charge in [0.1, 0.15) is 11.5 Å². The summed E-state index contributed by atoms with van der Waals surface area (Å²) in [5, 5.41) is 5.03. The molecule has 2 aromatic rings. The second-order valence-corrected chi connectivity index (χ2v) is 4.65. The minimum Gasteiger partial charge on any atom is -0.242 e. The third-order valence-electron chi connectivity index (χ3n) is 2.63. The lowest BCUT2D eigenvalue weighted by Crippen LogP contribution is -2.01. The zero-order valence-electron chi connectivity index (χ0n) is 10.3. The topological polar surface area (TPSA) is 43.6 Å². The van der Waals surface area contributed by atoms with Crippen LogP contribution in [0.2, 0.25) is 5.15 Å². The lowest BCUT2D eigenvalue weighted by molar-refractivity contribution is 0.784. The second-order valence-electron chi connectivity index (χ2n) is 4.03. The number of hydrogen-bond acceptors (Lipinski definition) is 3. The van der Waals surface area contributed by atoms with Gasteiger partial charge in [0.15, 0.2) is 5.82 Å². The number of halogens is 2. The molecule has 0 fully saturated rings. The fourth-order valence-electron chi connectivity index (χ4n) is 1.75. The summed E-state index contributed by atoms with van der Waals surface area (Å²) < 4.78 is 1.62. The first kappa shape index (κ1) is 13.3. The molecule has 0 atom stereocenters. The molecule has 18 heavy (non-hydrogen) atoms. The van der Waals surface area contributed by atoms with E-state index in [1.54, 1.807) is 4.68 Å². The van der Waals surface area contributed by atoms with Gasteiger partial charge in [0, 0.05) is 17.3 Å². The molecule has 0 bridgehead atoms. The van der Waals surface area contributed by atoms with Gasteiger partial charge in [-0.3, -0.25) is 0 Å². The molecule has 96 valence electrons. The molecule has 4 nitrogen and oxygen atoms in total. The smallest absolute Gasteiger partial charge is 0.158 e. The Balaban J connectivity index is 2.51. The van der Waals surface area contributed by atoms with Gasteiger partial charge >= 0.3 is 0 Å². The van der Waals surface area contributed by atoms with Crippen molar-refractivity contribution in [3.05, 3.63) is 34.5 Å². The minimum atomic E-state index is 0.359. The summed E-state index contributed by atoms with van der Waals surface area (Å²) in [5.74, 6) is 1.03. The van der Waals surface area contributed by atoms with E-state index in [1.165, 1.54) is 6.33 Å². The van der Waals surface area contributed by atoms with Crippen molar-refractivity contribution < 1.29 is 0 Å². The molecule has 0 amide bonds. The largest absolute Gasteiger partial charge is 0.242 e. The van der Waals surface area contributed by atoms with Crippen molar-refractivity contribution in [1.82, 2.24) is 19.7 Å². The van der Waals surface area contributed by atoms with Gasteiger partial charge < -0.3 is 0 Å². The van der Waals surface area contributed by atoms with Crippen molar-refractivity contribution in [3.63, 3.8) is 0 Å². The Morgan fingerprint density at radius 1 is 1.33 bits per heavy atom. The summed E-state index contributed by atoms with van der Waals surface area (Å²) in [6, 6.07) is 1.84. The summed E-state index contributed by atoms with van der Waals surface area (Å²) in [7, 11) is 0. The molecule has 0 aliphatic carbocycles. The Hall–Kier alpha value is -1.13. The van der Waals surface area contributed by atoms with E-state index in [1.807, 2.05) is 13.0 Å². The van der Waals surface area contributed by atoms with Crippen LogP contribution in [0.4, 0.5) is 0 Å². The summed E-state index contributed by atoms with van der Waals surface area (Å²) in [6.45, 7) is 4.00. The maximum Gasteiger partial charge on any atom is 0.158 e. The summed E-state index contributed by atoms with van der Waals surface area (Å²) in [4.78, 5) is 8.24. The Bertz CT molecular complexity index is 551. The molecule has 2 heterocycles. The van der Waals surface area contributed by atoms with Crippen LogP contribution < -0.4 is 0 Å². The molecular formula is C12H14Cl2N4. The highest BCUT2D eigenvalue weighted by Gasteiger charge is 2.16. The highest BCUT2D eigenvalue weighted by Crippen LogP contribution is 2.25. The fourth-order valence-corrected chi connectivity index (χ4v) is 2.40. The third kappa shape index (κ3) is 2.49. The van der Waals surface area contributed by atoms with Gasteiger partial charge in [-0.1, -0.05) is 24.9 Å². The molecule has 0 saturated carbocycles. The van der Waals surface area contributed by atoms with Crippen molar-refractivity contribution >= 4 is 23.2 Å². The molecule has 0 radical (unpaired) electrons. The molecular weight excluding hydrogens is 271 g/mol. The van der Waals surface area contributed by atoms with Gasteiger partial charge in [-0.15, -0.1) is 11.6 Å². The highest BCUT2D eigenvalue weighted by molar-refractivity contribution is 6.31. The van der Waals surface area contributed by atoms with Crippen LogP contribution in [0, 0.1) is 6.92 Å². The summed E-state index contributed by atoms with van der Waals surface area (Å²) >= 11 is 12.2. The zero-order chi connectivity index (χ0) is 13.1. The molecule has 0 aliphatic rings. The van der Waals surface area contributed by atoms with Crippen LogP contribution in [0.5, 0.6) is 0 Å². The van der Waals surface area contributed by atoms with E-state index >= 15 is 0 Å². The minimum absolute atomic E-state index is 0.359. The van der Waals surface area contributed by atoms with E-state index in [0.717, 1.165) is 29.8 Å². The monoisotopic (exact) mass is 284 g/mol. The standard InChI is InChI=1S/C12H14Cl2N4/c1-3-4-10-9(6-13)12(14)18(17-10)11-5-8(2)15-7-16-11/h5,7H,3-4,6H2,1-2H3. The first-order valence-electron chi connectivity index (χ1n) is 5.78. The lowest BCUT2D eigenvalue weighted by atomic mass is 10.2. The van der Waals surface area contributed by atoms with Crippen LogP contribution in [0.1, 0.15) is 30.3 Å². The van der Waals surface area contributed by atoms with Gasteiger partial charge in [0.2, 0.25) is 0 Å². The quantitative estimate of drug-likeness (QED) is 0.809. The Labute approximate surface area is 116 Å². The van der Waals surface area contributed by atoms with Crippen LogP contribution in [0.3, 0.4) is 0 Å². The van der Waals surface area contributed by atoms with E-state index in [0.29, 0.717) is 16.9 Å².